The van der Waals surface area contributed by atoms with Crippen LogP contribution in [0.2, 0.25) is 0 Å². The highest BCUT2D eigenvalue weighted by Crippen LogP contribution is 2.19. The van der Waals surface area contributed by atoms with E-state index < -0.39 is 4.92 Å². The molecule has 1 amide bonds. The standard InChI is InChI=1S/C14H19N3O3.ClH/c1-10-9-16(11(2)8-15-10)14(18)7-12-5-3-4-6-13(12)17(19)20;/h3-6,10-11,15H,7-9H2,1-2H3;1H. The predicted molar refractivity (Wildman–Crippen MR) is 82.7 cm³/mol. The molecule has 1 N–H and O–H groups in total. The van der Waals surface area contributed by atoms with Gasteiger partial charge in [-0.05, 0) is 13.8 Å². The molecular weight excluding hydrogens is 294 g/mol. The molecule has 0 bridgehead atoms. The van der Waals surface area contributed by atoms with Crippen molar-refractivity contribution in [2.45, 2.75) is 32.4 Å². The van der Waals surface area contributed by atoms with Crippen molar-refractivity contribution in [1.82, 2.24) is 10.2 Å². The maximum absolute atomic E-state index is 12.4. The summed E-state index contributed by atoms with van der Waals surface area (Å²) in [5, 5.41) is 14.3. The van der Waals surface area contributed by atoms with E-state index in [0.29, 0.717) is 12.1 Å². The highest BCUT2D eigenvalue weighted by atomic mass is 35.5. The van der Waals surface area contributed by atoms with E-state index in [0.717, 1.165) is 6.54 Å². The number of hydrogen-bond acceptors (Lipinski definition) is 4. The van der Waals surface area contributed by atoms with E-state index in [1.807, 2.05) is 13.8 Å². The molecule has 2 atom stereocenters. The van der Waals surface area contributed by atoms with Gasteiger partial charge in [-0.25, -0.2) is 0 Å². The van der Waals surface area contributed by atoms with Crippen LogP contribution >= 0.6 is 12.4 Å². The number of rotatable bonds is 3. The summed E-state index contributed by atoms with van der Waals surface area (Å²) in [4.78, 5) is 24.7. The van der Waals surface area contributed by atoms with Gasteiger partial charge in [0.05, 0.1) is 11.3 Å². The van der Waals surface area contributed by atoms with Gasteiger partial charge in [0, 0.05) is 36.8 Å². The van der Waals surface area contributed by atoms with Crippen LogP contribution in [0.3, 0.4) is 0 Å². The maximum Gasteiger partial charge on any atom is 0.273 e. The Morgan fingerprint density at radius 2 is 2.10 bits per heavy atom. The van der Waals surface area contributed by atoms with E-state index >= 15 is 0 Å². The molecule has 116 valence electrons. The first-order valence-electron chi connectivity index (χ1n) is 6.74. The number of nitrogens with zero attached hydrogens (tertiary/aromatic N) is 2. The quantitative estimate of drug-likeness (QED) is 0.681. The molecule has 7 heteroatoms. The van der Waals surface area contributed by atoms with Crippen molar-refractivity contribution in [2.75, 3.05) is 13.1 Å². The molecule has 1 aromatic carbocycles. The first-order chi connectivity index (χ1) is 9.49. The van der Waals surface area contributed by atoms with Crippen molar-refractivity contribution in [1.29, 1.82) is 0 Å². The van der Waals surface area contributed by atoms with Gasteiger partial charge >= 0.3 is 0 Å². The summed E-state index contributed by atoms with van der Waals surface area (Å²) < 4.78 is 0. The molecule has 0 saturated carbocycles. The molecule has 1 aliphatic rings. The number of nitrogens with one attached hydrogen (secondary N) is 1. The van der Waals surface area contributed by atoms with Crippen molar-refractivity contribution < 1.29 is 9.72 Å². The molecule has 2 rings (SSSR count). The number of halogens is 1. The minimum atomic E-state index is -0.438. The van der Waals surface area contributed by atoms with Gasteiger partial charge in [0.15, 0.2) is 0 Å². The van der Waals surface area contributed by atoms with Gasteiger partial charge in [-0.15, -0.1) is 12.4 Å². The van der Waals surface area contributed by atoms with Gasteiger partial charge in [0.2, 0.25) is 5.91 Å². The second kappa shape index (κ2) is 7.38. The molecule has 6 nitrogen and oxygen atoms in total. The second-order valence-electron chi connectivity index (χ2n) is 5.27. The average molecular weight is 314 g/mol. The maximum atomic E-state index is 12.4. The number of nitro benzene ring substituents is 1. The lowest BCUT2D eigenvalue weighted by atomic mass is 10.1. The van der Waals surface area contributed by atoms with Gasteiger partial charge in [0.1, 0.15) is 0 Å². The number of nitro groups is 1. The lowest BCUT2D eigenvalue weighted by molar-refractivity contribution is -0.385. The third kappa shape index (κ3) is 4.15. The van der Waals surface area contributed by atoms with Crippen LogP contribution in [0.15, 0.2) is 24.3 Å². The van der Waals surface area contributed by atoms with E-state index in [-0.39, 0.29) is 42.5 Å². The molecule has 0 radical (unpaired) electrons. The zero-order valence-electron chi connectivity index (χ0n) is 12.1. The van der Waals surface area contributed by atoms with Gasteiger partial charge in [-0.2, -0.15) is 0 Å². The first kappa shape index (κ1) is 17.4. The van der Waals surface area contributed by atoms with E-state index in [2.05, 4.69) is 5.32 Å². The van der Waals surface area contributed by atoms with E-state index in [9.17, 15) is 14.9 Å². The Kier molecular flexibility index (Phi) is 6.11. The number of carbonyl (C=O) groups excluding carboxylic acids is 1. The van der Waals surface area contributed by atoms with Crippen LogP contribution in [0.1, 0.15) is 19.4 Å². The van der Waals surface area contributed by atoms with Crippen molar-refractivity contribution >= 4 is 24.0 Å². The Balaban J connectivity index is 0.00000220. The van der Waals surface area contributed by atoms with Gasteiger partial charge in [-0.3, -0.25) is 14.9 Å². The van der Waals surface area contributed by atoms with Crippen LogP contribution in [0.5, 0.6) is 0 Å². The van der Waals surface area contributed by atoms with Crippen LogP contribution in [0.4, 0.5) is 5.69 Å². The zero-order valence-corrected chi connectivity index (χ0v) is 12.9. The molecule has 1 heterocycles. The SMILES string of the molecule is CC1CN(C(=O)Cc2ccccc2[N+](=O)[O-])C(C)CN1.Cl. The fourth-order valence-electron chi connectivity index (χ4n) is 2.47. The van der Waals surface area contributed by atoms with Crippen molar-refractivity contribution in [2.24, 2.45) is 0 Å². The van der Waals surface area contributed by atoms with Gasteiger partial charge in [0.25, 0.3) is 5.69 Å². The lowest BCUT2D eigenvalue weighted by Gasteiger charge is -2.37. The molecule has 2 unspecified atom stereocenters. The van der Waals surface area contributed by atoms with E-state index in [1.54, 1.807) is 23.1 Å². The summed E-state index contributed by atoms with van der Waals surface area (Å²) in [6.07, 6.45) is 0.0776. The van der Waals surface area contributed by atoms with E-state index in [4.69, 9.17) is 0 Å². The largest absolute Gasteiger partial charge is 0.337 e. The zero-order chi connectivity index (χ0) is 14.7. The molecular formula is C14H20ClN3O3. The predicted octanol–water partition coefficient (Wildman–Crippen LogP) is 1.77. The summed E-state index contributed by atoms with van der Waals surface area (Å²) >= 11 is 0. The lowest BCUT2D eigenvalue weighted by Crippen LogP contribution is -2.56. The highest BCUT2D eigenvalue weighted by Gasteiger charge is 2.27. The Morgan fingerprint density at radius 1 is 1.43 bits per heavy atom. The van der Waals surface area contributed by atoms with Crippen LogP contribution < -0.4 is 5.32 Å². The number of amides is 1. The Hall–Kier alpha value is -1.66. The van der Waals surface area contributed by atoms with Crippen molar-refractivity contribution in [3.05, 3.63) is 39.9 Å². The average Bonchev–Trinajstić information content (AvgIpc) is 2.41. The summed E-state index contributed by atoms with van der Waals surface area (Å²) in [6, 6.07) is 6.78. The Bertz CT molecular complexity index is 524. The molecule has 0 spiro atoms. The van der Waals surface area contributed by atoms with Crippen molar-refractivity contribution in [3.63, 3.8) is 0 Å². The van der Waals surface area contributed by atoms with Crippen LogP contribution in [0.25, 0.3) is 0 Å². The summed E-state index contributed by atoms with van der Waals surface area (Å²) in [5.41, 5.74) is 0.484. The normalized spacial score (nSPS) is 21.5. The number of para-hydroxylation sites is 1. The fourth-order valence-corrected chi connectivity index (χ4v) is 2.47. The second-order valence-corrected chi connectivity index (χ2v) is 5.27. The molecule has 1 saturated heterocycles. The smallest absolute Gasteiger partial charge is 0.273 e. The molecule has 0 aromatic heterocycles. The summed E-state index contributed by atoms with van der Waals surface area (Å²) in [6.45, 7) is 5.40. The number of carbonyl (C=O) groups is 1. The minimum Gasteiger partial charge on any atom is -0.337 e. The fraction of sp³-hybridized carbons (Fsp3) is 0.500. The van der Waals surface area contributed by atoms with E-state index in [1.165, 1.54) is 6.07 Å². The number of benzene rings is 1. The summed E-state index contributed by atoms with van der Waals surface area (Å²) in [5.74, 6) is -0.0554. The third-order valence-corrected chi connectivity index (χ3v) is 3.61. The van der Waals surface area contributed by atoms with Crippen LogP contribution in [-0.2, 0) is 11.2 Å². The summed E-state index contributed by atoms with van der Waals surface area (Å²) in [7, 11) is 0. The monoisotopic (exact) mass is 313 g/mol. The Labute approximate surface area is 130 Å². The molecule has 1 fully saturated rings. The molecule has 21 heavy (non-hydrogen) atoms. The highest BCUT2D eigenvalue weighted by molar-refractivity contribution is 5.85. The minimum absolute atomic E-state index is 0. The third-order valence-electron chi connectivity index (χ3n) is 3.61. The number of hydrogen-bond donors (Lipinski definition) is 1. The van der Waals surface area contributed by atoms with Crippen LogP contribution in [0, 0.1) is 10.1 Å². The molecule has 1 aromatic rings. The Morgan fingerprint density at radius 3 is 2.76 bits per heavy atom. The van der Waals surface area contributed by atoms with Crippen molar-refractivity contribution in [3.8, 4) is 0 Å². The van der Waals surface area contributed by atoms with Crippen LogP contribution in [-0.4, -0.2) is 40.9 Å². The van der Waals surface area contributed by atoms with Gasteiger partial charge < -0.3 is 10.2 Å². The molecule has 0 aliphatic carbocycles. The number of piperazine rings is 1. The topological polar surface area (TPSA) is 75.5 Å². The first-order valence-corrected chi connectivity index (χ1v) is 6.74. The van der Waals surface area contributed by atoms with Gasteiger partial charge in [-0.1, -0.05) is 18.2 Å². The molecule has 1 aliphatic heterocycles.